The first-order valence-corrected chi connectivity index (χ1v) is 9.40. The summed E-state index contributed by atoms with van der Waals surface area (Å²) in [6.07, 6.45) is 1.36. The lowest BCUT2D eigenvalue weighted by Gasteiger charge is -2.17. The normalized spacial score (nSPS) is 10.8. The molecule has 156 valence electrons. The number of ether oxygens (including phenoxy) is 1. The minimum absolute atomic E-state index is 0.0251. The number of carbonyl (C=O) groups excluding carboxylic acids is 3. The van der Waals surface area contributed by atoms with Crippen LogP contribution in [0.2, 0.25) is 0 Å². The maximum atomic E-state index is 12.6. The molecule has 0 bridgehead atoms. The molecule has 2 aromatic rings. The summed E-state index contributed by atoms with van der Waals surface area (Å²) < 4.78 is 6.53. The van der Waals surface area contributed by atoms with E-state index in [2.05, 4.69) is 15.7 Å². The van der Waals surface area contributed by atoms with E-state index in [-0.39, 0.29) is 48.9 Å². The molecular weight excluding hydrogens is 374 g/mol. The first-order valence-electron chi connectivity index (χ1n) is 9.40. The van der Waals surface area contributed by atoms with E-state index in [1.807, 2.05) is 32.0 Å². The molecule has 2 rings (SSSR count). The van der Waals surface area contributed by atoms with E-state index in [9.17, 15) is 14.4 Å². The quantitative estimate of drug-likeness (QED) is 0.616. The lowest BCUT2D eigenvalue weighted by atomic mass is 10.3. The number of rotatable bonds is 9. The summed E-state index contributed by atoms with van der Waals surface area (Å²) in [5.41, 5.74) is 0.840. The van der Waals surface area contributed by atoms with Crippen molar-refractivity contribution in [1.29, 1.82) is 0 Å². The minimum Gasteiger partial charge on any atom is -0.462 e. The first-order chi connectivity index (χ1) is 13.8. The number of hydrogen-bond acceptors (Lipinski definition) is 6. The Labute approximate surface area is 170 Å². The number of benzene rings is 1. The van der Waals surface area contributed by atoms with Crippen molar-refractivity contribution < 1.29 is 19.1 Å². The average molecular weight is 401 g/mol. The van der Waals surface area contributed by atoms with Gasteiger partial charge in [-0.2, -0.15) is 5.10 Å². The Morgan fingerprint density at radius 3 is 2.41 bits per heavy atom. The number of esters is 1. The third kappa shape index (κ3) is 6.42. The van der Waals surface area contributed by atoms with Crippen LogP contribution in [0.5, 0.6) is 0 Å². The molecule has 2 N–H and O–H groups in total. The summed E-state index contributed by atoms with van der Waals surface area (Å²) >= 11 is 0. The lowest BCUT2D eigenvalue weighted by molar-refractivity contribution is -0.123. The maximum absolute atomic E-state index is 12.6. The highest BCUT2D eigenvalue weighted by Crippen LogP contribution is 2.21. The van der Waals surface area contributed by atoms with Crippen LogP contribution in [0.1, 0.15) is 31.1 Å². The molecule has 9 heteroatoms. The van der Waals surface area contributed by atoms with Crippen molar-refractivity contribution in [2.45, 2.75) is 26.8 Å². The van der Waals surface area contributed by atoms with Gasteiger partial charge in [0.05, 0.1) is 31.6 Å². The molecule has 0 aliphatic heterocycles. The molecule has 1 heterocycles. The molecule has 0 aliphatic rings. The second-order valence-corrected chi connectivity index (χ2v) is 6.82. The fourth-order valence-electron chi connectivity index (χ4n) is 2.68. The van der Waals surface area contributed by atoms with E-state index in [4.69, 9.17) is 4.74 Å². The Hall–Kier alpha value is -3.20. The Balaban J connectivity index is 2.17. The van der Waals surface area contributed by atoms with Gasteiger partial charge >= 0.3 is 5.97 Å². The van der Waals surface area contributed by atoms with E-state index >= 15 is 0 Å². The number of anilines is 1. The fraction of sp³-hybridized carbons (Fsp3) is 0.400. The van der Waals surface area contributed by atoms with Crippen molar-refractivity contribution in [2.75, 3.05) is 32.1 Å². The monoisotopic (exact) mass is 401 g/mol. The van der Waals surface area contributed by atoms with E-state index < -0.39 is 5.97 Å². The van der Waals surface area contributed by atoms with Crippen LogP contribution in [0.25, 0.3) is 5.69 Å². The smallest absolute Gasteiger partial charge is 0.343 e. The van der Waals surface area contributed by atoms with Gasteiger partial charge in [-0.15, -0.1) is 0 Å². The number of para-hydroxylation sites is 1. The van der Waals surface area contributed by atoms with Gasteiger partial charge < -0.3 is 15.4 Å². The van der Waals surface area contributed by atoms with Gasteiger partial charge in [0.25, 0.3) is 0 Å². The van der Waals surface area contributed by atoms with Crippen molar-refractivity contribution in [3.63, 3.8) is 0 Å². The van der Waals surface area contributed by atoms with Crippen molar-refractivity contribution in [2.24, 2.45) is 0 Å². The van der Waals surface area contributed by atoms with Gasteiger partial charge in [0.15, 0.2) is 5.82 Å². The Morgan fingerprint density at radius 1 is 1.14 bits per heavy atom. The van der Waals surface area contributed by atoms with Crippen LogP contribution in [0.3, 0.4) is 0 Å². The molecule has 29 heavy (non-hydrogen) atoms. The first kappa shape index (κ1) is 22.1. The van der Waals surface area contributed by atoms with Crippen LogP contribution >= 0.6 is 0 Å². The van der Waals surface area contributed by atoms with Crippen LogP contribution in [0.15, 0.2) is 36.5 Å². The van der Waals surface area contributed by atoms with E-state index in [1.165, 1.54) is 10.9 Å². The molecule has 0 aliphatic carbocycles. The van der Waals surface area contributed by atoms with Crippen molar-refractivity contribution in [3.05, 3.63) is 42.1 Å². The molecule has 0 radical (unpaired) electrons. The van der Waals surface area contributed by atoms with Crippen LogP contribution in [0.4, 0.5) is 5.82 Å². The molecule has 2 amide bonds. The molecule has 0 saturated carbocycles. The molecule has 0 fully saturated rings. The number of aromatic nitrogens is 2. The van der Waals surface area contributed by atoms with Crippen LogP contribution in [-0.4, -0.2) is 65.2 Å². The largest absolute Gasteiger partial charge is 0.462 e. The van der Waals surface area contributed by atoms with Crippen LogP contribution in [0, 0.1) is 0 Å². The zero-order valence-corrected chi connectivity index (χ0v) is 17.1. The molecule has 0 atom stereocenters. The zero-order chi connectivity index (χ0) is 21.4. The SMILES string of the molecule is CCOC(=O)c1cnn(-c2ccccc2)c1NC(=O)CN(C)CC(=O)NC(C)C. The second kappa shape index (κ2) is 10.4. The van der Waals surface area contributed by atoms with Crippen molar-refractivity contribution in [1.82, 2.24) is 20.0 Å². The highest BCUT2D eigenvalue weighted by molar-refractivity contribution is 6.01. The summed E-state index contributed by atoms with van der Waals surface area (Å²) in [4.78, 5) is 38.3. The van der Waals surface area contributed by atoms with E-state index in [0.717, 1.165) is 0 Å². The van der Waals surface area contributed by atoms with Gasteiger partial charge in [0.1, 0.15) is 5.56 Å². The number of amides is 2. The molecule has 0 unspecified atom stereocenters. The molecule has 0 saturated heterocycles. The Kier molecular flexibility index (Phi) is 7.90. The van der Waals surface area contributed by atoms with Gasteiger partial charge in [-0.1, -0.05) is 18.2 Å². The average Bonchev–Trinajstić information content (AvgIpc) is 3.05. The van der Waals surface area contributed by atoms with E-state index in [0.29, 0.717) is 5.69 Å². The lowest BCUT2D eigenvalue weighted by Crippen LogP contribution is -2.41. The van der Waals surface area contributed by atoms with E-state index in [1.54, 1.807) is 31.0 Å². The number of hydrogen-bond donors (Lipinski definition) is 2. The zero-order valence-electron chi connectivity index (χ0n) is 17.1. The number of nitrogens with zero attached hydrogens (tertiary/aromatic N) is 3. The van der Waals surface area contributed by atoms with Gasteiger partial charge in [0, 0.05) is 6.04 Å². The van der Waals surface area contributed by atoms with Crippen LogP contribution in [-0.2, 0) is 14.3 Å². The van der Waals surface area contributed by atoms with Gasteiger partial charge in [-0.25, -0.2) is 9.48 Å². The number of likely N-dealkylation sites (N-methyl/N-ethyl adjacent to an activating group) is 1. The maximum Gasteiger partial charge on any atom is 0.343 e. The summed E-state index contributed by atoms with van der Waals surface area (Å²) in [6.45, 7) is 5.69. The predicted octanol–water partition coefficient (Wildman–Crippen LogP) is 1.44. The predicted molar refractivity (Wildman–Crippen MR) is 109 cm³/mol. The number of carbonyl (C=O) groups is 3. The minimum atomic E-state index is -0.574. The topological polar surface area (TPSA) is 106 Å². The summed E-state index contributed by atoms with van der Waals surface area (Å²) in [7, 11) is 1.67. The van der Waals surface area contributed by atoms with Gasteiger partial charge in [-0.3, -0.25) is 14.5 Å². The third-order valence-electron chi connectivity index (χ3n) is 3.80. The number of nitrogens with one attached hydrogen (secondary N) is 2. The summed E-state index contributed by atoms with van der Waals surface area (Å²) in [5, 5.41) is 9.73. The van der Waals surface area contributed by atoms with Crippen LogP contribution < -0.4 is 10.6 Å². The molecule has 1 aromatic heterocycles. The standard InChI is InChI=1S/C20H27N5O4/c1-5-29-20(28)16-11-21-25(15-9-7-6-8-10-15)19(16)23-18(27)13-24(4)12-17(26)22-14(2)3/h6-11,14H,5,12-13H2,1-4H3,(H,22,26)(H,23,27). The highest BCUT2D eigenvalue weighted by atomic mass is 16.5. The molecular formula is C20H27N5O4. The fourth-order valence-corrected chi connectivity index (χ4v) is 2.68. The highest BCUT2D eigenvalue weighted by Gasteiger charge is 2.22. The van der Waals surface area contributed by atoms with Gasteiger partial charge in [0.2, 0.25) is 11.8 Å². The Morgan fingerprint density at radius 2 is 1.79 bits per heavy atom. The summed E-state index contributed by atoms with van der Waals surface area (Å²) in [5.74, 6) is -0.903. The van der Waals surface area contributed by atoms with Crippen molar-refractivity contribution in [3.8, 4) is 5.69 Å². The van der Waals surface area contributed by atoms with Crippen molar-refractivity contribution >= 4 is 23.6 Å². The molecule has 0 spiro atoms. The molecule has 1 aromatic carbocycles. The Bertz CT molecular complexity index is 848. The second-order valence-electron chi connectivity index (χ2n) is 6.82. The molecule has 9 nitrogen and oxygen atoms in total. The van der Waals surface area contributed by atoms with Gasteiger partial charge in [-0.05, 0) is 40.0 Å². The summed E-state index contributed by atoms with van der Waals surface area (Å²) in [6, 6.07) is 9.15. The third-order valence-corrected chi connectivity index (χ3v) is 3.80.